The minimum absolute atomic E-state index is 0.0351. The number of nitrogens with one attached hydrogen (secondary N) is 2. The fraction of sp³-hybridized carbons (Fsp3) is 0.500. The van der Waals surface area contributed by atoms with E-state index in [4.69, 9.17) is 14.0 Å². The Balaban J connectivity index is 1.72. The van der Waals surface area contributed by atoms with Crippen LogP contribution in [0, 0.1) is 5.82 Å². The smallest absolute Gasteiger partial charge is 0.397 e. The number of nitrogens with zero attached hydrogens (tertiary/aromatic N) is 1. The van der Waals surface area contributed by atoms with Crippen molar-refractivity contribution in [3.63, 3.8) is 0 Å². The maximum absolute atomic E-state index is 13.1. The Labute approximate surface area is 215 Å². The van der Waals surface area contributed by atoms with Gasteiger partial charge in [0, 0.05) is 25.5 Å². The van der Waals surface area contributed by atoms with Gasteiger partial charge in [0.1, 0.15) is 23.2 Å². The molecule has 0 aliphatic heterocycles. The molecule has 0 aliphatic carbocycles. The molecule has 11 heteroatoms. The Hall–Kier alpha value is -3.76. The van der Waals surface area contributed by atoms with E-state index in [2.05, 4.69) is 15.8 Å². The number of hydrogen-bond donors (Lipinski definition) is 2. The van der Waals surface area contributed by atoms with Crippen molar-refractivity contribution in [2.45, 2.75) is 70.9 Å². The third-order valence-electron chi connectivity index (χ3n) is 5.16. The molecule has 1 atom stereocenters. The molecule has 2 rings (SSSR count). The van der Waals surface area contributed by atoms with Crippen LogP contribution < -0.4 is 10.6 Å². The zero-order valence-corrected chi connectivity index (χ0v) is 21.6. The molecule has 0 bridgehead atoms. The van der Waals surface area contributed by atoms with Crippen LogP contribution in [0.3, 0.4) is 0 Å². The summed E-state index contributed by atoms with van der Waals surface area (Å²) in [6.45, 7) is 5.44. The molecule has 37 heavy (non-hydrogen) atoms. The van der Waals surface area contributed by atoms with Crippen LogP contribution in [0.5, 0.6) is 0 Å². The molecular formula is C26H34FN3O7. The molecule has 0 radical (unpaired) electrons. The molecule has 10 nitrogen and oxygen atoms in total. The number of benzene rings is 1. The van der Waals surface area contributed by atoms with Crippen LogP contribution in [0.4, 0.5) is 4.39 Å². The van der Waals surface area contributed by atoms with Gasteiger partial charge in [0.25, 0.3) is 5.91 Å². The van der Waals surface area contributed by atoms with Crippen LogP contribution in [0.1, 0.15) is 68.3 Å². The van der Waals surface area contributed by atoms with Gasteiger partial charge in [0.2, 0.25) is 0 Å². The first-order chi connectivity index (χ1) is 17.5. The van der Waals surface area contributed by atoms with Crippen LogP contribution in [0.15, 0.2) is 34.9 Å². The largest absolute Gasteiger partial charge is 0.467 e. The van der Waals surface area contributed by atoms with E-state index in [1.165, 1.54) is 37.4 Å². The van der Waals surface area contributed by atoms with Crippen LogP contribution in [0.2, 0.25) is 0 Å². The summed E-state index contributed by atoms with van der Waals surface area (Å²) in [5, 5.41) is 8.90. The molecule has 2 amide bonds. The molecule has 0 unspecified atom stereocenters. The number of aryl methyl sites for hydroxylation is 1. The Morgan fingerprint density at radius 2 is 1.73 bits per heavy atom. The van der Waals surface area contributed by atoms with Crippen molar-refractivity contribution in [2.24, 2.45) is 0 Å². The van der Waals surface area contributed by atoms with Crippen molar-refractivity contribution in [3.8, 4) is 0 Å². The van der Waals surface area contributed by atoms with Gasteiger partial charge in [-0.3, -0.25) is 9.59 Å². The zero-order chi connectivity index (χ0) is 27.4. The predicted octanol–water partition coefficient (Wildman–Crippen LogP) is 2.89. The predicted molar refractivity (Wildman–Crippen MR) is 131 cm³/mol. The fourth-order valence-corrected chi connectivity index (χ4v) is 3.34. The standard InChI is InChI=1S/C26H34FN3O7/c1-26(2,3)36-25(34)23(32)28-14-8-6-5-7-9-19-16-20(30-37-19)22(31)29-21(24(33)35-4)15-17-10-12-18(27)13-11-17/h10-13,16,21H,5-9,14-15H2,1-4H3,(H,28,32)(H,29,31)/t21-/m0/s1. The van der Waals surface area contributed by atoms with Crippen molar-refractivity contribution >= 4 is 23.8 Å². The molecule has 0 saturated carbocycles. The summed E-state index contributed by atoms with van der Waals surface area (Å²) in [4.78, 5) is 48.0. The summed E-state index contributed by atoms with van der Waals surface area (Å²) < 4.78 is 28.1. The lowest BCUT2D eigenvalue weighted by Crippen LogP contribution is -2.43. The minimum atomic E-state index is -0.973. The van der Waals surface area contributed by atoms with Crippen molar-refractivity contribution in [3.05, 3.63) is 53.2 Å². The maximum Gasteiger partial charge on any atom is 0.397 e. The second kappa shape index (κ2) is 14.1. The lowest BCUT2D eigenvalue weighted by molar-refractivity contribution is -0.163. The summed E-state index contributed by atoms with van der Waals surface area (Å²) in [6, 6.07) is 6.15. The third kappa shape index (κ3) is 10.8. The van der Waals surface area contributed by atoms with E-state index < -0.39 is 41.2 Å². The number of aromatic nitrogens is 1. The first kappa shape index (κ1) is 29.5. The molecule has 1 aromatic carbocycles. The van der Waals surface area contributed by atoms with Gasteiger partial charge in [-0.2, -0.15) is 0 Å². The van der Waals surface area contributed by atoms with Gasteiger partial charge in [-0.25, -0.2) is 14.0 Å². The van der Waals surface area contributed by atoms with Crippen molar-refractivity contribution < 1.29 is 37.6 Å². The fourth-order valence-electron chi connectivity index (χ4n) is 3.34. The summed E-state index contributed by atoms with van der Waals surface area (Å²) in [5.74, 6) is -2.75. The number of halogens is 1. The number of unbranched alkanes of at least 4 members (excludes halogenated alkanes) is 3. The lowest BCUT2D eigenvalue weighted by atomic mass is 10.1. The highest BCUT2D eigenvalue weighted by Gasteiger charge is 2.25. The number of hydrogen-bond acceptors (Lipinski definition) is 8. The van der Waals surface area contributed by atoms with E-state index in [0.29, 0.717) is 30.7 Å². The van der Waals surface area contributed by atoms with Gasteiger partial charge in [-0.05, 0) is 51.3 Å². The number of esters is 2. The zero-order valence-electron chi connectivity index (χ0n) is 21.6. The normalized spacial score (nSPS) is 11.9. The van der Waals surface area contributed by atoms with Crippen LogP contribution in [0.25, 0.3) is 0 Å². The van der Waals surface area contributed by atoms with E-state index in [0.717, 1.165) is 19.3 Å². The van der Waals surface area contributed by atoms with E-state index >= 15 is 0 Å². The van der Waals surface area contributed by atoms with E-state index in [1.807, 2.05) is 0 Å². The Morgan fingerprint density at radius 3 is 2.38 bits per heavy atom. The first-order valence-corrected chi connectivity index (χ1v) is 12.1. The van der Waals surface area contributed by atoms with Gasteiger partial charge in [-0.15, -0.1) is 0 Å². The van der Waals surface area contributed by atoms with Crippen molar-refractivity contribution in [1.82, 2.24) is 15.8 Å². The number of ether oxygens (including phenoxy) is 2. The van der Waals surface area contributed by atoms with E-state index in [9.17, 15) is 23.6 Å². The minimum Gasteiger partial charge on any atom is -0.467 e. The molecular weight excluding hydrogens is 485 g/mol. The number of amides is 2. The van der Waals surface area contributed by atoms with Crippen LogP contribution in [-0.4, -0.2) is 54.2 Å². The molecule has 2 N–H and O–H groups in total. The molecule has 202 valence electrons. The first-order valence-electron chi connectivity index (χ1n) is 12.1. The highest BCUT2D eigenvalue weighted by Crippen LogP contribution is 2.12. The van der Waals surface area contributed by atoms with Gasteiger partial charge < -0.3 is 24.6 Å². The monoisotopic (exact) mass is 519 g/mol. The Morgan fingerprint density at radius 1 is 1.05 bits per heavy atom. The highest BCUT2D eigenvalue weighted by atomic mass is 19.1. The third-order valence-corrected chi connectivity index (χ3v) is 5.16. The van der Waals surface area contributed by atoms with Gasteiger partial charge in [0.15, 0.2) is 5.69 Å². The summed E-state index contributed by atoms with van der Waals surface area (Å²) >= 11 is 0. The maximum atomic E-state index is 13.1. The van der Waals surface area contributed by atoms with E-state index in [-0.39, 0.29) is 12.1 Å². The molecule has 0 aliphatic rings. The second-order valence-electron chi connectivity index (χ2n) is 9.48. The topological polar surface area (TPSA) is 137 Å². The Bertz CT molecular complexity index is 1060. The van der Waals surface area contributed by atoms with Gasteiger partial charge in [0.05, 0.1) is 7.11 Å². The summed E-state index contributed by atoms with van der Waals surface area (Å²) in [5.41, 5.74) is -0.0295. The number of rotatable bonds is 12. The molecule has 2 aromatic rings. The van der Waals surface area contributed by atoms with Crippen molar-refractivity contribution in [2.75, 3.05) is 13.7 Å². The quantitative estimate of drug-likeness (QED) is 0.248. The molecule has 0 fully saturated rings. The SMILES string of the molecule is COC(=O)[C@H](Cc1ccc(F)cc1)NC(=O)c1cc(CCCCCCNC(=O)C(=O)OC(C)(C)C)on1. The van der Waals surface area contributed by atoms with E-state index in [1.54, 1.807) is 20.8 Å². The number of methoxy groups -OCH3 is 1. The number of carbonyl (C=O) groups is 4. The molecule has 1 heterocycles. The molecule has 0 spiro atoms. The van der Waals surface area contributed by atoms with Crippen molar-refractivity contribution in [1.29, 1.82) is 0 Å². The second-order valence-corrected chi connectivity index (χ2v) is 9.48. The van der Waals surface area contributed by atoms with Crippen LogP contribution in [-0.2, 0) is 36.7 Å². The average molecular weight is 520 g/mol. The average Bonchev–Trinajstić information content (AvgIpc) is 3.31. The number of carbonyl (C=O) groups excluding carboxylic acids is 4. The summed E-state index contributed by atoms with van der Waals surface area (Å²) in [7, 11) is 1.22. The van der Waals surface area contributed by atoms with Gasteiger partial charge in [-0.1, -0.05) is 30.1 Å². The van der Waals surface area contributed by atoms with Gasteiger partial charge >= 0.3 is 17.8 Å². The summed E-state index contributed by atoms with van der Waals surface area (Å²) in [6.07, 6.45) is 3.81. The highest BCUT2D eigenvalue weighted by molar-refractivity contribution is 6.32. The van der Waals surface area contributed by atoms with Crippen LogP contribution >= 0.6 is 0 Å². The lowest BCUT2D eigenvalue weighted by Gasteiger charge is -2.18. The Kier molecular flexibility index (Phi) is 11.2. The molecule has 0 saturated heterocycles. The molecule has 1 aromatic heterocycles.